The molecule has 9 nitrogen and oxygen atoms in total. The number of hydrogen-bond donors (Lipinski definition) is 2. The first-order chi connectivity index (χ1) is 17.4. The third-order valence-corrected chi connectivity index (χ3v) is 6.76. The van der Waals surface area contributed by atoms with Crippen molar-refractivity contribution in [2.75, 3.05) is 53.5 Å². The second kappa shape index (κ2) is 14.1. The monoisotopic (exact) mass is 502 g/mol. The van der Waals surface area contributed by atoms with Gasteiger partial charge >= 0.3 is 0 Å². The van der Waals surface area contributed by atoms with Crippen LogP contribution in [-0.4, -0.2) is 87.1 Å². The molecular formula is C27H42N4O5. The maximum absolute atomic E-state index is 12.7. The predicted octanol–water partition coefficient (Wildman–Crippen LogP) is 1.98. The van der Waals surface area contributed by atoms with Crippen LogP contribution in [0.5, 0.6) is 11.5 Å². The number of nitrogens with one attached hydrogen (secondary N) is 2. The maximum Gasteiger partial charge on any atom is 0.258 e. The van der Waals surface area contributed by atoms with Gasteiger partial charge < -0.3 is 29.9 Å². The first-order valence-corrected chi connectivity index (χ1v) is 13.2. The van der Waals surface area contributed by atoms with Crippen LogP contribution in [0.2, 0.25) is 0 Å². The number of rotatable bonds is 3. The Kier molecular flexibility index (Phi) is 10.8. The molecule has 3 amide bonds. The summed E-state index contributed by atoms with van der Waals surface area (Å²) >= 11 is 0. The number of aryl methyl sites for hydroxylation is 1. The van der Waals surface area contributed by atoms with Crippen molar-refractivity contribution in [2.45, 2.75) is 57.9 Å². The van der Waals surface area contributed by atoms with Crippen LogP contribution >= 0.6 is 0 Å². The molecule has 1 aromatic rings. The number of amides is 3. The highest BCUT2D eigenvalue weighted by Gasteiger charge is 2.24. The van der Waals surface area contributed by atoms with Gasteiger partial charge in [-0.3, -0.25) is 14.4 Å². The number of hydrogen-bond acceptors (Lipinski definition) is 6. The van der Waals surface area contributed by atoms with Gasteiger partial charge in [0.2, 0.25) is 11.8 Å². The Morgan fingerprint density at radius 2 is 1.78 bits per heavy atom. The van der Waals surface area contributed by atoms with Crippen LogP contribution in [-0.2, 0) is 20.8 Å². The van der Waals surface area contributed by atoms with Gasteiger partial charge in [-0.05, 0) is 82.2 Å². The Balaban J connectivity index is 1.64. The minimum absolute atomic E-state index is 0.0326. The van der Waals surface area contributed by atoms with Gasteiger partial charge in [0.25, 0.3) is 5.91 Å². The standard InChI is InChI=1S/C27H42N4O5/c1-20-27(34)30(2)14-4-5-15-31(18-22-7-8-22)16-6-13-28-25(32)12-10-21-9-11-23(35-3)24(17-21)36-19-26(33)29-20/h9,11,17,20,22H,4-8,10,12-16,18-19H2,1-3H3,(H,28,32)(H,29,33)/t20-/m0/s1. The lowest BCUT2D eigenvalue weighted by atomic mass is 10.1. The lowest BCUT2D eigenvalue weighted by Gasteiger charge is -2.24. The number of carbonyl (C=O) groups excluding carboxylic acids is 3. The fourth-order valence-corrected chi connectivity index (χ4v) is 4.44. The molecule has 1 aliphatic heterocycles. The maximum atomic E-state index is 12.7. The number of ether oxygens (including phenoxy) is 2. The quantitative estimate of drug-likeness (QED) is 0.656. The summed E-state index contributed by atoms with van der Waals surface area (Å²) in [5, 5.41) is 5.77. The predicted molar refractivity (Wildman–Crippen MR) is 138 cm³/mol. The minimum atomic E-state index is -0.637. The van der Waals surface area contributed by atoms with E-state index in [4.69, 9.17) is 9.47 Å². The third-order valence-electron chi connectivity index (χ3n) is 6.76. The summed E-state index contributed by atoms with van der Waals surface area (Å²) in [6.45, 7) is 5.85. The molecule has 0 saturated heterocycles. The van der Waals surface area contributed by atoms with Crippen molar-refractivity contribution in [3.8, 4) is 11.5 Å². The Morgan fingerprint density at radius 1 is 1.03 bits per heavy atom. The molecular weight excluding hydrogens is 460 g/mol. The van der Waals surface area contributed by atoms with Crippen LogP contribution in [0.25, 0.3) is 0 Å². The molecule has 0 radical (unpaired) electrons. The highest BCUT2D eigenvalue weighted by atomic mass is 16.5. The highest BCUT2D eigenvalue weighted by molar-refractivity contribution is 5.87. The molecule has 9 heteroatoms. The van der Waals surface area contributed by atoms with E-state index in [-0.39, 0.29) is 24.3 Å². The lowest BCUT2D eigenvalue weighted by Crippen LogP contribution is -2.47. The van der Waals surface area contributed by atoms with Gasteiger partial charge in [0.15, 0.2) is 18.1 Å². The van der Waals surface area contributed by atoms with Crippen LogP contribution in [0.15, 0.2) is 18.2 Å². The molecule has 1 aliphatic carbocycles. The summed E-state index contributed by atoms with van der Waals surface area (Å²) in [5.74, 6) is 1.28. The van der Waals surface area contributed by atoms with E-state index in [9.17, 15) is 14.4 Å². The van der Waals surface area contributed by atoms with Crippen LogP contribution in [0.3, 0.4) is 0 Å². The van der Waals surface area contributed by atoms with E-state index >= 15 is 0 Å². The SMILES string of the molecule is COc1ccc2cc1OCC(=O)N[C@@H](C)C(=O)N(C)CCCCN(CC1CC1)CCCNC(=O)CC2. The first kappa shape index (κ1) is 27.8. The molecule has 0 aromatic heterocycles. The van der Waals surface area contributed by atoms with Crippen molar-refractivity contribution in [1.82, 2.24) is 20.4 Å². The van der Waals surface area contributed by atoms with Gasteiger partial charge in [-0.25, -0.2) is 0 Å². The molecule has 1 atom stereocenters. The van der Waals surface area contributed by atoms with Crippen LogP contribution in [0, 0.1) is 5.92 Å². The second-order valence-corrected chi connectivity index (χ2v) is 9.98. The summed E-state index contributed by atoms with van der Waals surface area (Å²) in [6, 6.07) is 4.82. The Hall–Kier alpha value is -2.81. The number of carbonyl (C=O) groups is 3. The van der Waals surface area contributed by atoms with Crippen molar-refractivity contribution in [3.63, 3.8) is 0 Å². The van der Waals surface area contributed by atoms with Crippen molar-refractivity contribution in [3.05, 3.63) is 23.8 Å². The second-order valence-electron chi connectivity index (χ2n) is 9.98. The average molecular weight is 503 g/mol. The van der Waals surface area contributed by atoms with Crippen LogP contribution in [0.1, 0.15) is 51.0 Å². The van der Waals surface area contributed by atoms with Gasteiger partial charge in [-0.2, -0.15) is 0 Å². The van der Waals surface area contributed by atoms with E-state index in [1.807, 2.05) is 6.07 Å². The molecule has 1 heterocycles. The van der Waals surface area contributed by atoms with Crippen molar-refractivity contribution < 1.29 is 23.9 Å². The molecule has 2 bridgehead atoms. The smallest absolute Gasteiger partial charge is 0.258 e. The van der Waals surface area contributed by atoms with E-state index in [2.05, 4.69) is 15.5 Å². The van der Waals surface area contributed by atoms with Gasteiger partial charge in [-0.1, -0.05) is 6.07 Å². The molecule has 2 N–H and O–H groups in total. The topological polar surface area (TPSA) is 100 Å². The fourth-order valence-electron chi connectivity index (χ4n) is 4.44. The molecule has 1 saturated carbocycles. The summed E-state index contributed by atoms with van der Waals surface area (Å²) in [7, 11) is 3.31. The molecule has 1 aromatic carbocycles. The summed E-state index contributed by atoms with van der Waals surface area (Å²) in [6.07, 6.45) is 6.40. The van der Waals surface area contributed by atoms with Gasteiger partial charge in [0.1, 0.15) is 6.04 Å². The normalized spacial score (nSPS) is 22.5. The van der Waals surface area contributed by atoms with Gasteiger partial charge in [0, 0.05) is 33.1 Å². The Morgan fingerprint density at radius 3 is 2.53 bits per heavy atom. The summed E-state index contributed by atoms with van der Waals surface area (Å²) in [4.78, 5) is 41.8. The number of nitrogens with zero attached hydrogens (tertiary/aromatic N) is 2. The Labute approximate surface area is 214 Å². The zero-order chi connectivity index (χ0) is 25.9. The molecule has 3 rings (SSSR count). The molecule has 36 heavy (non-hydrogen) atoms. The number of fused-ring (bicyclic) bond motifs is 2. The van der Waals surface area contributed by atoms with Crippen molar-refractivity contribution in [1.29, 1.82) is 0 Å². The van der Waals surface area contributed by atoms with E-state index in [1.165, 1.54) is 20.0 Å². The van der Waals surface area contributed by atoms with E-state index in [0.29, 0.717) is 37.4 Å². The zero-order valence-electron chi connectivity index (χ0n) is 22.0. The lowest BCUT2D eigenvalue weighted by molar-refractivity contribution is -0.135. The van der Waals surface area contributed by atoms with Gasteiger partial charge in [0.05, 0.1) is 7.11 Å². The molecule has 0 spiro atoms. The van der Waals surface area contributed by atoms with E-state index < -0.39 is 6.04 Å². The molecule has 0 unspecified atom stereocenters. The molecule has 2 aliphatic rings. The Bertz CT molecular complexity index is 889. The highest BCUT2D eigenvalue weighted by Crippen LogP contribution is 2.30. The molecule has 200 valence electrons. The number of likely N-dealkylation sites (N-methyl/N-ethyl adjacent to an activating group) is 1. The zero-order valence-corrected chi connectivity index (χ0v) is 22.0. The number of benzene rings is 1. The van der Waals surface area contributed by atoms with Crippen molar-refractivity contribution >= 4 is 17.7 Å². The average Bonchev–Trinajstić information content (AvgIpc) is 3.69. The van der Waals surface area contributed by atoms with Crippen LogP contribution < -0.4 is 20.1 Å². The largest absolute Gasteiger partial charge is 0.493 e. The van der Waals surface area contributed by atoms with E-state index in [0.717, 1.165) is 50.4 Å². The number of methoxy groups -OCH3 is 1. The summed E-state index contributed by atoms with van der Waals surface area (Å²) in [5.41, 5.74) is 0.921. The van der Waals surface area contributed by atoms with Gasteiger partial charge in [-0.15, -0.1) is 0 Å². The molecule has 1 fully saturated rings. The fraction of sp³-hybridized carbons (Fsp3) is 0.667. The third kappa shape index (κ3) is 9.33. The summed E-state index contributed by atoms with van der Waals surface area (Å²) < 4.78 is 11.1. The minimum Gasteiger partial charge on any atom is -0.493 e. The van der Waals surface area contributed by atoms with E-state index in [1.54, 1.807) is 31.0 Å². The first-order valence-electron chi connectivity index (χ1n) is 13.2. The van der Waals surface area contributed by atoms with Crippen LogP contribution in [0.4, 0.5) is 0 Å². The van der Waals surface area contributed by atoms with Crippen molar-refractivity contribution in [2.24, 2.45) is 5.92 Å².